The van der Waals surface area contributed by atoms with Crippen molar-refractivity contribution in [1.29, 1.82) is 0 Å². The summed E-state index contributed by atoms with van der Waals surface area (Å²) in [5.74, 6) is 0.610. The second kappa shape index (κ2) is 6.33. The molecule has 0 radical (unpaired) electrons. The monoisotopic (exact) mass is 322 g/mol. The maximum Gasteiger partial charge on any atom is 0.272 e. The molecule has 19 heavy (non-hydrogen) atoms. The van der Waals surface area contributed by atoms with Gasteiger partial charge in [0.05, 0.1) is 11.0 Å². The molecule has 0 spiro atoms. The average Bonchev–Trinajstić information content (AvgIpc) is 2.39. The van der Waals surface area contributed by atoms with E-state index in [9.17, 15) is 4.79 Å². The van der Waals surface area contributed by atoms with Crippen molar-refractivity contribution in [3.8, 4) is 0 Å². The van der Waals surface area contributed by atoms with Crippen molar-refractivity contribution in [2.24, 2.45) is 5.92 Å². The molecule has 102 valence electrons. The summed E-state index contributed by atoms with van der Waals surface area (Å²) < 4.78 is 1.86. The van der Waals surface area contributed by atoms with Gasteiger partial charge in [0.25, 0.3) is 5.56 Å². The summed E-state index contributed by atoms with van der Waals surface area (Å²) in [6.45, 7) is 4.77. The molecule has 0 N–H and O–H groups in total. The summed E-state index contributed by atoms with van der Waals surface area (Å²) in [6.07, 6.45) is 2.15. The molecule has 3 nitrogen and oxygen atoms in total. The third-order valence-corrected chi connectivity index (χ3v) is 3.92. The van der Waals surface area contributed by atoms with Gasteiger partial charge in [-0.2, -0.15) is 0 Å². The lowest BCUT2D eigenvalue weighted by molar-refractivity contribution is 0.471. The first-order valence-corrected chi connectivity index (χ1v) is 7.77. The van der Waals surface area contributed by atoms with Crippen LogP contribution in [0.3, 0.4) is 0 Å². The van der Waals surface area contributed by atoms with Gasteiger partial charge in [-0.05, 0) is 37.8 Å². The summed E-state index contributed by atoms with van der Waals surface area (Å²) in [7, 11) is 0. The fraction of sp³-hybridized carbons (Fsp3) is 0.467. The largest absolute Gasteiger partial charge is 0.305 e. The molecule has 0 fully saturated rings. The van der Waals surface area contributed by atoms with Crippen molar-refractivity contribution in [2.75, 3.05) is 5.33 Å². The molecular weight excluding hydrogens is 304 g/mol. The number of para-hydroxylation sites is 2. The molecule has 1 aromatic carbocycles. The van der Waals surface area contributed by atoms with Gasteiger partial charge in [0.15, 0.2) is 0 Å². The highest BCUT2D eigenvalue weighted by Gasteiger charge is 2.09. The molecule has 1 heterocycles. The Kier molecular flexibility index (Phi) is 4.75. The molecule has 1 aromatic heterocycles. The Labute approximate surface area is 121 Å². The van der Waals surface area contributed by atoms with E-state index in [2.05, 4.69) is 27.8 Å². The van der Waals surface area contributed by atoms with E-state index in [4.69, 9.17) is 0 Å². The SMILES string of the molecule is Cc1nc2ccccc2n(CCC(C)CCBr)c1=O. The lowest BCUT2D eigenvalue weighted by Crippen LogP contribution is -2.25. The minimum absolute atomic E-state index is 0.0322. The average molecular weight is 323 g/mol. The van der Waals surface area contributed by atoms with Crippen LogP contribution in [0.2, 0.25) is 0 Å². The van der Waals surface area contributed by atoms with Crippen LogP contribution in [0, 0.1) is 12.8 Å². The molecule has 2 aromatic rings. The molecule has 0 saturated carbocycles. The molecule has 0 aliphatic heterocycles. The highest BCUT2D eigenvalue weighted by Crippen LogP contribution is 2.14. The van der Waals surface area contributed by atoms with E-state index in [0.717, 1.165) is 35.7 Å². The standard InChI is InChI=1S/C15H19BrN2O/c1-11(7-9-16)8-10-18-14-6-4-3-5-13(14)17-12(2)15(18)19/h3-6,11H,7-10H2,1-2H3. The van der Waals surface area contributed by atoms with E-state index in [1.54, 1.807) is 6.92 Å². The Morgan fingerprint density at radius 3 is 2.79 bits per heavy atom. The van der Waals surface area contributed by atoms with Gasteiger partial charge in [-0.3, -0.25) is 4.79 Å². The second-order valence-corrected chi connectivity index (χ2v) is 5.81. The Morgan fingerprint density at radius 1 is 1.32 bits per heavy atom. The number of aromatic nitrogens is 2. The van der Waals surface area contributed by atoms with E-state index in [1.165, 1.54) is 0 Å². The molecule has 0 aliphatic carbocycles. The van der Waals surface area contributed by atoms with Crippen molar-refractivity contribution < 1.29 is 0 Å². The Hall–Kier alpha value is -1.16. The second-order valence-electron chi connectivity index (χ2n) is 5.01. The molecule has 0 amide bonds. The number of benzene rings is 1. The molecule has 0 aliphatic rings. The predicted octanol–water partition coefficient (Wildman–Crippen LogP) is 3.52. The number of hydrogen-bond acceptors (Lipinski definition) is 2. The lowest BCUT2D eigenvalue weighted by Gasteiger charge is -2.14. The summed E-state index contributed by atoms with van der Waals surface area (Å²) in [4.78, 5) is 16.6. The molecule has 2 rings (SSSR count). The van der Waals surface area contributed by atoms with Gasteiger partial charge in [-0.25, -0.2) is 4.98 Å². The van der Waals surface area contributed by atoms with E-state index in [1.807, 2.05) is 28.8 Å². The van der Waals surface area contributed by atoms with Crippen LogP contribution < -0.4 is 5.56 Å². The Bertz CT molecular complexity index is 621. The van der Waals surface area contributed by atoms with E-state index < -0.39 is 0 Å². The number of halogens is 1. The molecular formula is C15H19BrN2O. The van der Waals surface area contributed by atoms with Gasteiger partial charge in [-0.15, -0.1) is 0 Å². The maximum atomic E-state index is 12.2. The normalized spacial score (nSPS) is 12.8. The third-order valence-electron chi connectivity index (χ3n) is 3.46. The lowest BCUT2D eigenvalue weighted by atomic mass is 10.1. The van der Waals surface area contributed by atoms with E-state index >= 15 is 0 Å². The summed E-state index contributed by atoms with van der Waals surface area (Å²) >= 11 is 3.46. The number of hydrogen-bond donors (Lipinski definition) is 0. The zero-order valence-electron chi connectivity index (χ0n) is 11.4. The zero-order valence-corrected chi connectivity index (χ0v) is 13.0. The number of fused-ring (bicyclic) bond motifs is 1. The minimum Gasteiger partial charge on any atom is -0.305 e. The van der Waals surface area contributed by atoms with E-state index in [0.29, 0.717) is 11.6 Å². The van der Waals surface area contributed by atoms with Gasteiger partial charge >= 0.3 is 0 Å². The topological polar surface area (TPSA) is 34.9 Å². The molecule has 1 atom stereocenters. The summed E-state index contributed by atoms with van der Waals surface area (Å²) in [6, 6.07) is 7.84. The van der Waals surface area contributed by atoms with Crippen LogP contribution >= 0.6 is 15.9 Å². The van der Waals surface area contributed by atoms with E-state index in [-0.39, 0.29) is 5.56 Å². The van der Waals surface area contributed by atoms with Crippen LogP contribution in [-0.4, -0.2) is 14.9 Å². The fourth-order valence-corrected chi connectivity index (χ4v) is 3.00. The van der Waals surface area contributed by atoms with Crippen molar-refractivity contribution in [3.63, 3.8) is 0 Å². The van der Waals surface area contributed by atoms with Crippen LogP contribution in [-0.2, 0) is 6.54 Å². The van der Waals surface area contributed by atoms with Crippen LogP contribution in [0.4, 0.5) is 0 Å². The molecule has 1 unspecified atom stereocenters. The van der Waals surface area contributed by atoms with Crippen molar-refractivity contribution >= 4 is 27.0 Å². The quantitative estimate of drug-likeness (QED) is 0.789. The van der Waals surface area contributed by atoms with Crippen LogP contribution in [0.25, 0.3) is 11.0 Å². The van der Waals surface area contributed by atoms with Gasteiger partial charge in [-0.1, -0.05) is 35.0 Å². The fourth-order valence-electron chi connectivity index (χ4n) is 2.22. The number of alkyl halides is 1. The Morgan fingerprint density at radius 2 is 2.05 bits per heavy atom. The molecule has 0 bridgehead atoms. The van der Waals surface area contributed by atoms with Crippen LogP contribution in [0.5, 0.6) is 0 Å². The highest BCUT2D eigenvalue weighted by molar-refractivity contribution is 9.09. The van der Waals surface area contributed by atoms with Crippen molar-refractivity contribution in [3.05, 3.63) is 40.3 Å². The molecule has 0 saturated heterocycles. The van der Waals surface area contributed by atoms with Crippen LogP contribution in [0.1, 0.15) is 25.5 Å². The third kappa shape index (κ3) is 3.24. The van der Waals surface area contributed by atoms with Gasteiger partial charge < -0.3 is 4.57 Å². The number of rotatable bonds is 5. The smallest absolute Gasteiger partial charge is 0.272 e. The zero-order chi connectivity index (χ0) is 13.8. The predicted molar refractivity (Wildman–Crippen MR) is 82.9 cm³/mol. The highest BCUT2D eigenvalue weighted by atomic mass is 79.9. The summed E-state index contributed by atoms with van der Waals surface area (Å²) in [5, 5.41) is 1.01. The maximum absolute atomic E-state index is 12.2. The summed E-state index contributed by atoms with van der Waals surface area (Å²) in [5.41, 5.74) is 2.44. The van der Waals surface area contributed by atoms with Gasteiger partial charge in [0.1, 0.15) is 5.69 Å². The molecule has 4 heteroatoms. The van der Waals surface area contributed by atoms with Crippen molar-refractivity contribution in [2.45, 2.75) is 33.2 Å². The number of aryl methyl sites for hydroxylation is 2. The van der Waals surface area contributed by atoms with Crippen LogP contribution in [0.15, 0.2) is 29.1 Å². The first kappa shape index (κ1) is 14.3. The first-order valence-electron chi connectivity index (χ1n) is 6.65. The minimum atomic E-state index is 0.0322. The first-order chi connectivity index (χ1) is 9.13. The van der Waals surface area contributed by atoms with Gasteiger partial charge in [0, 0.05) is 11.9 Å². The number of nitrogens with zero attached hydrogens (tertiary/aromatic N) is 2. The van der Waals surface area contributed by atoms with Gasteiger partial charge in [0.2, 0.25) is 0 Å². The van der Waals surface area contributed by atoms with Crippen molar-refractivity contribution in [1.82, 2.24) is 9.55 Å². The Balaban J connectivity index is 2.35.